The fraction of sp³-hybridized carbons (Fsp3) is 0.0870. The SMILES string of the molecule is C=C1C=C(c2ncc(CNC(=O)c3ccc(-c4cnccn4)cn3)cc2C)C=CN1. The van der Waals surface area contributed by atoms with Gasteiger partial charge in [0.05, 0.1) is 17.6 Å². The number of rotatable bonds is 5. The fourth-order valence-electron chi connectivity index (χ4n) is 3.10. The monoisotopic (exact) mass is 396 g/mol. The van der Waals surface area contributed by atoms with Crippen LogP contribution in [0.3, 0.4) is 0 Å². The Hall–Kier alpha value is -4.13. The number of dihydropyridines is 1. The standard InChI is InChI=1S/C23H20N6O/c1-15-9-17(11-28-22(15)18-5-6-25-16(2)10-18)12-29-23(30)20-4-3-19(13-27-20)21-14-24-7-8-26-21/h3-11,13-14,25H,2,12H2,1H3,(H,29,30). The minimum atomic E-state index is -0.247. The molecule has 0 saturated heterocycles. The van der Waals surface area contributed by atoms with Gasteiger partial charge in [-0.15, -0.1) is 0 Å². The minimum Gasteiger partial charge on any atom is -0.362 e. The highest BCUT2D eigenvalue weighted by atomic mass is 16.1. The maximum absolute atomic E-state index is 12.4. The summed E-state index contributed by atoms with van der Waals surface area (Å²) in [6, 6.07) is 5.50. The molecular weight excluding hydrogens is 376 g/mol. The Labute approximate surface area is 174 Å². The van der Waals surface area contributed by atoms with Crippen LogP contribution in [-0.2, 0) is 6.54 Å². The Morgan fingerprint density at radius 2 is 2.03 bits per heavy atom. The quantitative estimate of drug-likeness (QED) is 0.688. The second-order valence-corrected chi connectivity index (χ2v) is 6.82. The lowest BCUT2D eigenvalue weighted by atomic mass is 10.0. The van der Waals surface area contributed by atoms with Crippen molar-refractivity contribution in [2.75, 3.05) is 0 Å². The van der Waals surface area contributed by atoms with Crippen molar-refractivity contribution in [2.24, 2.45) is 0 Å². The molecule has 3 aromatic heterocycles. The molecule has 0 radical (unpaired) electrons. The number of amides is 1. The van der Waals surface area contributed by atoms with Crippen LogP contribution in [0.5, 0.6) is 0 Å². The molecule has 0 aromatic carbocycles. The lowest BCUT2D eigenvalue weighted by molar-refractivity contribution is 0.0946. The highest BCUT2D eigenvalue weighted by Gasteiger charge is 2.11. The molecule has 0 atom stereocenters. The normalized spacial score (nSPS) is 12.8. The predicted molar refractivity (Wildman–Crippen MR) is 115 cm³/mol. The Morgan fingerprint density at radius 1 is 1.13 bits per heavy atom. The summed E-state index contributed by atoms with van der Waals surface area (Å²) in [5, 5.41) is 5.92. The number of nitrogens with zero attached hydrogens (tertiary/aromatic N) is 4. The van der Waals surface area contributed by atoms with E-state index in [0.717, 1.165) is 33.7 Å². The highest BCUT2D eigenvalue weighted by molar-refractivity contribution is 5.92. The van der Waals surface area contributed by atoms with E-state index in [4.69, 9.17) is 0 Å². The van der Waals surface area contributed by atoms with E-state index in [1.165, 1.54) is 0 Å². The number of hydrogen-bond donors (Lipinski definition) is 2. The molecule has 2 N–H and O–H groups in total. The van der Waals surface area contributed by atoms with Crippen LogP contribution >= 0.6 is 0 Å². The summed E-state index contributed by atoms with van der Waals surface area (Å²) in [5.74, 6) is -0.247. The average Bonchev–Trinajstić information content (AvgIpc) is 2.78. The van der Waals surface area contributed by atoms with Crippen molar-refractivity contribution < 1.29 is 4.79 Å². The Balaban J connectivity index is 1.41. The van der Waals surface area contributed by atoms with Gasteiger partial charge in [0.15, 0.2) is 0 Å². The molecule has 4 rings (SSSR count). The molecular formula is C23H20N6O. The Bertz CT molecular complexity index is 1150. The van der Waals surface area contributed by atoms with Gasteiger partial charge in [-0.25, -0.2) is 0 Å². The molecule has 1 aliphatic heterocycles. The first-order valence-electron chi connectivity index (χ1n) is 9.40. The second kappa shape index (κ2) is 8.48. The molecule has 148 valence electrons. The van der Waals surface area contributed by atoms with Gasteiger partial charge in [0.1, 0.15) is 5.69 Å². The summed E-state index contributed by atoms with van der Waals surface area (Å²) in [4.78, 5) is 29.5. The summed E-state index contributed by atoms with van der Waals surface area (Å²) in [6.45, 7) is 6.28. The number of nitrogens with one attached hydrogen (secondary N) is 2. The van der Waals surface area contributed by atoms with E-state index < -0.39 is 0 Å². The zero-order valence-electron chi connectivity index (χ0n) is 16.5. The molecule has 0 aliphatic carbocycles. The van der Waals surface area contributed by atoms with Gasteiger partial charge in [-0.3, -0.25) is 24.7 Å². The second-order valence-electron chi connectivity index (χ2n) is 6.82. The molecule has 4 heterocycles. The Morgan fingerprint density at radius 3 is 2.73 bits per heavy atom. The average molecular weight is 396 g/mol. The van der Waals surface area contributed by atoms with Crippen LogP contribution in [0.4, 0.5) is 0 Å². The molecule has 0 fully saturated rings. The van der Waals surface area contributed by atoms with Gasteiger partial charge in [-0.1, -0.05) is 12.6 Å². The number of aromatic nitrogens is 4. The van der Waals surface area contributed by atoms with E-state index in [0.29, 0.717) is 17.9 Å². The predicted octanol–water partition coefficient (Wildman–Crippen LogP) is 3.19. The van der Waals surface area contributed by atoms with E-state index >= 15 is 0 Å². The topological polar surface area (TPSA) is 92.7 Å². The molecule has 0 saturated carbocycles. The maximum Gasteiger partial charge on any atom is 0.270 e. The van der Waals surface area contributed by atoms with Gasteiger partial charge in [-0.05, 0) is 42.3 Å². The molecule has 1 amide bonds. The zero-order chi connectivity index (χ0) is 20.9. The molecule has 30 heavy (non-hydrogen) atoms. The third kappa shape index (κ3) is 4.30. The third-order valence-electron chi connectivity index (χ3n) is 4.58. The fourth-order valence-corrected chi connectivity index (χ4v) is 3.10. The van der Waals surface area contributed by atoms with Gasteiger partial charge in [0, 0.05) is 54.4 Å². The largest absolute Gasteiger partial charge is 0.362 e. The summed E-state index contributed by atoms with van der Waals surface area (Å²) in [6.07, 6.45) is 14.0. The number of aryl methyl sites for hydroxylation is 1. The number of allylic oxidation sites excluding steroid dienone is 3. The van der Waals surface area contributed by atoms with E-state index in [2.05, 4.69) is 37.1 Å². The van der Waals surface area contributed by atoms with Crippen molar-refractivity contribution in [1.82, 2.24) is 30.6 Å². The van der Waals surface area contributed by atoms with E-state index in [9.17, 15) is 4.79 Å². The van der Waals surface area contributed by atoms with Crippen molar-refractivity contribution in [3.63, 3.8) is 0 Å². The van der Waals surface area contributed by atoms with Crippen LogP contribution in [0.15, 0.2) is 79.8 Å². The van der Waals surface area contributed by atoms with Crippen molar-refractivity contribution in [3.8, 4) is 11.3 Å². The van der Waals surface area contributed by atoms with Crippen LogP contribution in [0, 0.1) is 6.92 Å². The Kier molecular flexibility index (Phi) is 5.43. The number of carbonyl (C=O) groups is 1. The molecule has 7 heteroatoms. The smallest absolute Gasteiger partial charge is 0.270 e. The number of hydrogen-bond acceptors (Lipinski definition) is 6. The first kappa shape index (κ1) is 19.2. The number of pyridine rings is 2. The van der Waals surface area contributed by atoms with Gasteiger partial charge in [-0.2, -0.15) is 0 Å². The number of carbonyl (C=O) groups excluding carboxylic acids is 1. The summed E-state index contributed by atoms with van der Waals surface area (Å²) in [5.41, 5.74) is 6.51. The van der Waals surface area contributed by atoms with Crippen molar-refractivity contribution in [2.45, 2.75) is 13.5 Å². The molecule has 7 nitrogen and oxygen atoms in total. The van der Waals surface area contributed by atoms with Crippen molar-refractivity contribution in [1.29, 1.82) is 0 Å². The van der Waals surface area contributed by atoms with E-state index in [1.807, 2.05) is 31.3 Å². The lowest BCUT2D eigenvalue weighted by Crippen LogP contribution is -2.24. The van der Waals surface area contributed by atoms with Gasteiger partial charge in [0.25, 0.3) is 5.91 Å². The third-order valence-corrected chi connectivity index (χ3v) is 4.58. The van der Waals surface area contributed by atoms with E-state index in [-0.39, 0.29) is 5.91 Å². The van der Waals surface area contributed by atoms with Gasteiger partial charge in [0.2, 0.25) is 0 Å². The maximum atomic E-state index is 12.4. The van der Waals surface area contributed by atoms with Crippen LogP contribution in [0.2, 0.25) is 0 Å². The lowest BCUT2D eigenvalue weighted by Gasteiger charge is -2.13. The molecule has 1 aliphatic rings. The van der Waals surface area contributed by atoms with Crippen LogP contribution in [0.1, 0.15) is 27.3 Å². The molecule has 0 bridgehead atoms. The van der Waals surface area contributed by atoms with Crippen LogP contribution < -0.4 is 10.6 Å². The molecule has 0 unspecified atom stereocenters. The first-order chi connectivity index (χ1) is 14.6. The van der Waals surface area contributed by atoms with Crippen molar-refractivity contribution >= 4 is 11.5 Å². The first-order valence-corrected chi connectivity index (χ1v) is 9.40. The summed E-state index contributed by atoms with van der Waals surface area (Å²) < 4.78 is 0. The van der Waals surface area contributed by atoms with Crippen LogP contribution in [-0.4, -0.2) is 25.8 Å². The zero-order valence-corrected chi connectivity index (χ0v) is 16.5. The van der Waals surface area contributed by atoms with Gasteiger partial charge >= 0.3 is 0 Å². The molecule has 0 spiro atoms. The minimum absolute atomic E-state index is 0.247. The van der Waals surface area contributed by atoms with Crippen LogP contribution in [0.25, 0.3) is 16.8 Å². The highest BCUT2D eigenvalue weighted by Crippen LogP contribution is 2.22. The molecule has 3 aromatic rings. The summed E-state index contributed by atoms with van der Waals surface area (Å²) >= 11 is 0. The van der Waals surface area contributed by atoms with E-state index in [1.54, 1.807) is 43.1 Å². The van der Waals surface area contributed by atoms with Crippen molar-refractivity contribution in [3.05, 3.63) is 102 Å². The summed E-state index contributed by atoms with van der Waals surface area (Å²) in [7, 11) is 0. The van der Waals surface area contributed by atoms with Gasteiger partial charge < -0.3 is 10.6 Å².